The molecule has 2 aliphatic heterocycles. The molecule has 3 N–H and O–H groups in total. The highest BCUT2D eigenvalue weighted by molar-refractivity contribution is 5.95. The fourth-order valence-corrected chi connectivity index (χ4v) is 4.63. The van der Waals surface area contributed by atoms with Crippen molar-refractivity contribution in [3.63, 3.8) is 0 Å². The SMILES string of the molecule is CO[C@@H]1C[C@H]2COc3ccn4ncc(c4n3)-c3cc(N=C(C)/C=C(/C)N)cc(c3)NCCN2C1=O. The van der Waals surface area contributed by atoms with Crippen molar-refractivity contribution < 1.29 is 14.3 Å². The van der Waals surface area contributed by atoms with E-state index >= 15 is 0 Å². The third-order valence-corrected chi connectivity index (χ3v) is 6.19. The number of amides is 1. The number of ether oxygens (including phenoxy) is 2. The number of aliphatic imine (C=N–C) groups is 1. The molecule has 0 saturated carbocycles. The number of hydrogen-bond acceptors (Lipinski definition) is 8. The van der Waals surface area contributed by atoms with Crippen molar-refractivity contribution in [2.24, 2.45) is 10.7 Å². The Kier molecular flexibility index (Phi) is 6.12. The number of nitrogens with one attached hydrogen (secondary N) is 1. The fraction of sp³-hybridized carbons (Fsp3) is 0.360. The van der Waals surface area contributed by atoms with Crippen molar-refractivity contribution in [3.8, 4) is 17.0 Å². The zero-order valence-corrected chi connectivity index (χ0v) is 20.1. The average molecular weight is 476 g/mol. The first-order valence-electron chi connectivity index (χ1n) is 11.6. The van der Waals surface area contributed by atoms with Gasteiger partial charge in [-0.15, -0.1) is 0 Å². The maximum Gasteiger partial charge on any atom is 0.252 e. The van der Waals surface area contributed by atoms with Crippen LogP contribution < -0.4 is 15.8 Å². The lowest BCUT2D eigenvalue weighted by Crippen LogP contribution is -2.41. The van der Waals surface area contributed by atoms with Gasteiger partial charge in [-0.2, -0.15) is 10.1 Å². The molecule has 0 unspecified atom stereocenters. The Morgan fingerprint density at radius 3 is 3.00 bits per heavy atom. The summed E-state index contributed by atoms with van der Waals surface area (Å²) in [7, 11) is 1.57. The van der Waals surface area contributed by atoms with Gasteiger partial charge in [0.05, 0.1) is 17.9 Å². The van der Waals surface area contributed by atoms with Crippen LogP contribution in [0.1, 0.15) is 20.3 Å². The quantitative estimate of drug-likeness (QED) is 0.559. The zero-order valence-electron chi connectivity index (χ0n) is 20.1. The van der Waals surface area contributed by atoms with Crippen LogP contribution in [-0.2, 0) is 9.53 Å². The molecule has 35 heavy (non-hydrogen) atoms. The summed E-state index contributed by atoms with van der Waals surface area (Å²) in [6.45, 7) is 5.18. The maximum atomic E-state index is 12.9. The summed E-state index contributed by atoms with van der Waals surface area (Å²) in [5, 5.41) is 7.92. The smallest absolute Gasteiger partial charge is 0.252 e. The number of allylic oxidation sites excluding steroid dienone is 2. The lowest BCUT2D eigenvalue weighted by atomic mass is 10.1. The lowest BCUT2D eigenvalue weighted by molar-refractivity contribution is -0.136. The molecule has 2 aliphatic rings. The average Bonchev–Trinajstić information content (AvgIpc) is 3.37. The van der Waals surface area contributed by atoms with E-state index in [1.807, 2.05) is 49.2 Å². The second-order valence-corrected chi connectivity index (χ2v) is 8.89. The van der Waals surface area contributed by atoms with Gasteiger partial charge in [0.1, 0.15) is 12.7 Å². The Labute approximate surface area is 203 Å². The predicted octanol–water partition coefficient (Wildman–Crippen LogP) is 2.77. The van der Waals surface area contributed by atoms with Crippen LogP contribution in [0, 0.1) is 0 Å². The Bertz CT molecular complexity index is 1330. The van der Waals surface area contributed by atoms with Crippen LogP contribution in [0.15, 0.2) is 53.4 Å². The molecule has 10 heteroatoms. The number of nitrogens with two attached hydrogens (primary N) is 1. The minimum absolute atomic E-state index is 0.0184. The molecule has 1 saturated heterocycles. The van der Waals surface area contributed by atoms with Crippen LogP contribution in [0.5, 0.6) is 5.88 Å². The summed E-state index contributed by atoms with van der Waals surface area (Å²) in [4.78, 5) is 24.2. The number of hydrogen-bond donors (Lipinski definition) is 2. The van der Waals surface area contributed by atoms with Crippen molar-refractivity contribution in [3.05, 3.63) is 48.4 Å². The number of methoxy groups -OCH3 is 1. The summed E-state index contributed by atoms with van der Waals surface area (Å²) < 4.78 is 13.2. The van der Waals surface area contributed by atoms with Crippen molar-refractivity contribution in [1.29, 1.82) is 0 Å². The van der Waals surface area contributed by atoms with Crippen LogP contribution in [0.3, 0.4) is 0 Å². The summed E-state index contributed by atoms with van der Waals surface area (Å²) >= 11 is 0. The number of carbonyl (C=O) groups is 1. The van der Waals surface area contributed by atoms with E-state index in [-0.39, 0.29) is 11.9 Å². The van der Waals surface area contributed by atoms with E-state index in [0.717, 1.165) is 28.2 Å². The van der Waals surface area contributed by atoms with Crippen molar-refractivity contribution in [2.75, 3.05) is 32.1 Å². The molecule has 4 bridgehead atoms. The second-order valence-electron chi connectivity index (χ2n) is 8.89. The van der Waals surface area contributed by atoms with E-state index in [0.29, 0.717) is 43.3 Å². The van der Waals surface area contributed by atoms with Gasteiger partial charge < -0.3 is 25.4 Å². The summed E-state index contributed by atoms with van der Waals surface area (Å²) in [6, 6.07) is 7.70. The molecule has 0 spiro atoms. The molecular weight excluding hydrogens is 446 g/mol. The molecule has 182 valence electrons. The van der Waals surface area contributed by atoms with Crippen LogP contribution in [0.4, 0.5) is 11.4 Å². The van der Waals surface area contributed by atoms with Gasteiger partial charge in [0.2, 0.25) is 5.88 Å². The van der Waals surface area contributed by atoms with E-state index in [2.05, 4.69) is 10.4 Å². The molecule has 10 nitrogen and oxygen atoms in total. The third-order valence-electron chi connectivity index (χ3n) is 6.19. The highest BCUT2D eigenvalue weighted by Crippen LogP contribution is 2.32. The maximum absolute atomic E-state index is 12.9. The minimum atomic E-state index is -0.456. The van der Waals surface area contributed by atoms with Crippen molar-refractivity contribution >= 4 is 28.6 Å². The largest absolute Gasteiger partial charge is 0.475 e. The van der Waals surface area contributed by atoms with E-state index < -0.39 is 6.10 Å². The molecule has 2 aromatic heterocycles. The van der Waals surface area contributed by atoms with Gasteiger partial charge in [-0.25, -0.2) is 4.52 Å². The Morgan fingerprint density at radius 1 is 1.34 bits per heavy atom. The Hall–Kier alpha value is -3.92. The van der Waals surface area contributed by atoms with E-state index in [4.69, 9.17) is 25.2 Å². The first kappa shape index (κ1) is 22.9. The van der Waals surface area contributed by atoms with Gasteiger partial charge in [-0.05, 0) is 43.7 Å². The molecule has 4 heterocycles. The molecule has 3 aromatic rings. The highest BCUT2D eigenvalue weighted by Gasteiger charge is 2.39. The van der Waals surface area contributed by atoms with E-state index in [1.54, 1.807) is 23.9 Å². The summed E-state index contributed by atoms with van der Waals surface area (Å²) in [5.41, 5.74) is 11.4. The van der Waals surface area contributed by atoms with Crippen LogP contribution in [0.2, 0.25) is 0 Å². The Morgan fingerprint density at radius 2 is 2.20 bits per heavy atom. The molecule has 1 amide bonds. The van der Waals surface area contributed by atoms with Gasteiger partial charge in [-0.3, -0.25) is 9.79 Å². The van der Waals surface area contributed by atoms with Gasteiger partial charge in [0.25, 0.3) is 5.91 Å². The molecule has 0 radical (unpaired) electrons. The predicted molar refractivity (Wildman–Crippen MR) is 134 cm³/mol. The van der Waals surface area contributed by atoms with Gasteiger partial charge in [-0.1, -0.05) is 0 Å². The Balaban J connectivity index is 1.59. The minimum Gasteiger partial charge on any atom is -0.475 e. The molecule has 2 atom stereocenters. The first-order valence-corrected chi connectivity index (χ1v) is 11.6. The number of nitrogens with zero attached hydrogens (tertiary/aromatic N) is 5. The van der Waals surface area contributed by atoms with Crippen molar-refractivity contribution in [1.82, 2.24) is 19.5 Å². The van der Waals surface area contributed by atoms with Crippen LogP contribution >= 0.6 is 0 Å². The zero-order chi connectivity index (χ0) is 24.5. The third kappa shape index (κ3) is 4.69. The fourth-order valence-electron chi connectivity index (χ4n) is 4.63. The molecule has 1 fully saturated rings. The molecular formula is C25H29N7O3. The highest BCUT2D eigenvalue weighted by atomic mass is 16.5. The number of anilines is 1. The van der Waals surface area contributed by atoms with E-state index in [1.165, 1.54) is 0 Å². The van der Waals surface area contributed by atoms with Crippen LogP contribution in [0.25, 0.3) is 16.8 Å². The summed E-state index contributed by atoms with van der Waals surface area (Å²) in [5.74, 6) is 0.464. The molecule has 1 aromatic carbocycles. The van der Waals surface area contributed by atoms with Gasteiger partial charge in [0, 0.05) is 61.5 Å². The van der Waals surface area contributed by atoms with E-state index in [9.17, 15) is 4.79 Å². The number of carbonyl (C=O) groups excluding carboxylic acids is 1. The lowest BCUT2D eigenvalue weighted by Gasteiger charge is -2.25. The first-order chi connectivity index (χ1) is 16.9. The monoisotopic (exact) mass is 475 g/mol. The number of rotatable bonds is 3. The second kappa shape index (κ2) is 9.38. The number of benzene rings is 1. The van der Waals surface area contributed by atoms with Gasteiger partial charge in [0.15, 0.2) is 5.65 Å². The summed E-state index contributed by atoms with van der Waals surface area (Å²) in [6.07, 6.45) is 5.57. The van der Waals surface area contributed by atoms with Crippen LogP contribution in [-0.4, -0.2) is 70.1 Å². The number of fused-ring (bicyclic) bond motifs is 5. The normalized spacial score (nSPS) is 21.0. The van der Waals surface area contributed by atoms with Gasteiger partial charge >= 0.3 is 0 Å². The van der Waals surface area contributed by atoms with Crippen molar-refractivity contribution in [2.45, 2.75) is 32.4 Å². The number of aromatic nitrogens is 3. The molecule has 5 rings (SSSR count). The standard InChI is InChI=1S/C25H29N7O3/c1-15(26)8-16(2)29-19-10-17-9-18(11-19)27-5-7-31-20(12-22(34-3)25(31)33)14-35-23-4-6-32-24(30-23)21(17)13-28-32/h4,6,8-11,13,20,22,27H,5,7,12,14,26H2,1-3H3/b15-8-,29-16?/t20-,22+/m0/s1. The molecule has 0 aliphatic carbocycles. The topological polar surface area (TPSA) is 119 Å².